The quantitative estimate of drug-likeness (QED) is 0.442. The Bertz CT molecular complexity index is 982. The maximum atomic E-state index is 12.3. The molecule has 134 valence electrons. The van der Waals surface area contributed by atoms with E-state index in [0.717, 1.165) is 9.37 Å². The number of benzene rings is 2. The summed E-state index contributed by atoms with van der Waals surface area (Å²) in [4.78, 5) is 27.8. The highest BCUT2D eigenvalue weighted by Crippen LogP contribution is 2.22. The Hall–Kier alpha value is -2.52. The number of carbonyl (C=O) groups is 2. The molecule has 0 unspecified atom stereocenters. The Morgan fingerprint density at radius 2 is 1.58 bits per heavy atom. The fourth-order valence-corrected chi connectivity index (χ4v) is 3.59. The maximum absolute atomic E-state index is 12.3. The van der Waals surface area contributed by atoms with Crippen LogP contribution in [0.5, 0.6) is 0 Å². The first-order valence-electron chi connectivity index (χ1n) is 7.55. The van der Waals surface area contributed by atoms with E-state index in [0.29, 0.717) is 11.1 Å². The number of hydrogen-bond acceptors (Lipinski definition) is 5. The number of fused-ring (bicyclic) bond motifs is 1. The molecule has 0 radical (unpaired) electrons. The lowest BCUT2D eigenvalue weighted by atomic mass is 10.1. The van der Waals surface area contributed by atoms with E-state index < -0.39 is 21.8 Å². The second-order valence-corrected chi connectivity index (χ2v) is 8.21. The van der Waals surface area contributed by atoms with Gasteiger partial charge in [-0.25, -0.2) is 4.83 Å². The van der Waals surface area contributed by atoms with Crippen LogP contribution in [-0.2, 0) is 10.0 Å². The van der Waals surface area contributed by atoms with Crippen LogP contribution in [0, 0.1) is 0 Å². The van der Waals surface area contributed by atoms with Gasteiger partial charge in [0.25, 0.3) is 21.8 Å². The van der Waals surface area contributed by atoms with Crippen LogP contribution in [0.1, 0.15) is 27.6 Å². The van der Waals surface area contributed by atoms with E-state index in [-0.39, 0.29) is 17.2 Å². The molecule has 0 bridgehead atoms. The fourth-order valence-electron chi connectivity index (χ4n) is 2.45. The lowest BCUT2D eigenvalue weighted by molar-refractivity contribution is 0.0677. The molecule has 2 aromatic carbocycles. The molecule has 0 saturated carbocycles. The van der Waals surface area contributed by atoms with Gasteiger partial charge in [0.15, 0.2) is 0 Å². The molecule has 0 aliphatic carbocycles. The summed E-state index contributed by atoms with van der Waals surface area (Å²) in [6.07, 6.45) is 0. The van der Waals surface area contributed by atoms with Crippen LogP contribution in [0.15, 0.2) is 63.0 Å². The number of nitrogens with zero attached hydrogens (tertiary/aromatic N) is 2. The summed E-state index contributed by atoms with van der Waals surface area (Å²) in [6.45, 7) is 1.43. The number of carbonyl (C=O) groups excluding carboxylic acids is 2. The molecule has 1 N–H and O–H groups in total. The molecule has 0 atom stereocenters. The number of nitrogens with one attached hydrogen (secondary N) is 1. The highest BCUT2D eigenvalue weighted by molar-refractivity contribution is 9.10. The number of rotatable bonds is 5. The Labute approximate surface area is 158 Å². The minimum atomic E-state index is -3.83. The number of imide groups is 1. The fraction of sp³-hybridized carbons (Fsp3) is 0.118. The summed E-state index contributed by atoms with van der Waals surface area (Å²) in [5.41, 5.74) is 0.946. The molecule has 1 aliphatic rings. The molecule has 1 aliphatic heterocycles. The number of hydrogen-bond donors (Lipinski definition) is 1. The van der Waals surface area contributed by atoms with E-state index in [2.05, 4.69) is 25.9 Å². The van der Waals surface area contributed by atoms with Crippen molar-refractivity contribution in [1.82, 2.24) is 9.73 Å². The van der Waals surface area contributed by atoms with Crippen molar-refractivity contribution in [2.45, 2.75) is 11.8 Å². The van der Waals surface area contributed by atoms with Crippen molar-refractivity contribution in [1.29, 1.82) is 0 Å². The molecule has 1 heterocycles. The predicted octanol–water partition coefficient (Wildman–Crippen LogP) is 2.40. The van der Waals surface area contributed by atoms with Gasteiger partial charge in [0.1, 0.15) is 0 Å². The standard InChI is InChI=1S/C17H14BrN3O4S/c1-11(19-20-26(24,25)13-8-6-12(18)7-9-13)10-21-16(22)14-4-2-3-5-15(14)17(21)23/h2-9,20H,10H2,1H3/b19-11+. The molecule has 26 heavy (non-hydrogen) atoms. The second-order valence-electron chi connectivity index (χ2n) is 5.64. The molecule has 0 spiro atoms. The third kappa shape index (κ3) is 3.54. The van der Waals surface area contributed by atoms with Crippen LogP contribution in [0.4, 0.5) is 0 Å². The van der Waals surface area contributed by atoms with Crippen molar-refractivity contribution in [2.24, 2.45) is 5.10 Å². The zero-order valence-electron chi connectivity index (χ0n) is 13.6. The van der Waals surface area contributed by atoms with Crippen LogP contribution < -0.4 is 4.83 Å². The number of sulfonamides is 1. The van der Waals surface area contributed by atoms with Gasteiger partial charge < -0.3 is 0 Å². The van der Waals surface area contributed by atoms with Gasteiger partial charge in [-0.1, -0.05) is 28.1 Å². The van der Waals surface area contributed by atoms with Crippen molar-refractivity contribution in [3.8, 4) is 0 Å². The van der Waals surface area contributed by atoms with Crippen molar-refractivity contribution in [3.63, 3.8) is 0 Å². The summed E-state index contributed by atoms with van der Waals surface area (Å²) in [5, 5.41) is 3.81. The number of hydrazone groups is 1. The first kappa shape index (κ1) is 18.3. The molecule has 0 aromatic heterocycles. The van der Waals surface area contributed by atoms with E-state index in [1.165, 1.54) is 19.1 Å². The van der Waals surface area contributed by atoms with Gasteiger partial charge in [0.2, 0.25) is 0 Å². The third-order valence-electron chi connectivity index (χ3n) is 3.75. The molecular formula is C17H14BrN3O4S. The molecule has 9 heteroatoms. The topological polar surface area (TPSA) is 95.9 Å². The van der Waals surface area contributed by atoms with Gasteiger partial charge in [-0.3, -0.25) is 14.5 Å². The number of amides is 2. The Morgan fingerprint density at radius 3 is 2.12 bits per heavy atom. The summed E-state index contributed by atoms with van der Waals surface area (Å²) < 4.78 is 25.2. The van der Waals surface area contributed by atoms with E-state index in [1.54, 1.807) is 36.4 Å². The van der Waals surface area contributed by atoms with Crippen LogP contribution in [0.25, 0.3) is 0 Å². The van der Waals surface area contributed by atoms with Gasteiger partial charge in [-0.15, -0.1) is 0 Å². The van der Waals surface area contributed by atoms with Crippen molar-refractivity contribution < 1.29 is 18.0 Å². The van der Waals surface area contributed by atoms with Gasteiger partial charge in [0.05, 0.1) is 28.3 Å². The zero-order chi connectivity index (χ0) is 18.9. The first-order valence-corrected chi connectivity index (χ1v) is 9.83. The first-order chi connectivity index (χ1) is 12.3. The molecule has 3 rings (SSSR count). The minimum Gasteiger partial charge on any atom is -0.269 e. The van der Waals surface area contributed by atoms with E-state index >= 15 is 0 Å². The van der Waals surface area contributed by atoms with Gasteiger partial charge in [0, 0.05) is 4.47 Å². The largest absolute Gasteiger partial charge is 0.276 e. The molecular weight excluding hydrogens is 422 g/mol. The van der Waals surface area contributed by atoms with Gasteiger partial charge >= 0.3 is 0 Å². The normalized spacial score (nSPS) is 14.5. The maximum Gasteiger partial charge on any atom is 0.276 e. The number of halogens is 1. The molecule has 0 saturated heterocycles. The monoisotopic (exact) mass is 435 g/mol. The van der Waals surface area contributed by atoms with E-state index in [1.807, 2.05) is 0 Å². The molecule has 0 fully saturated rings. The Kier molecular flexibility index (Phi) is 4.92. The molecule has 2 aromatic rings. The summed E-state index contributed by atoms with van der Waals surface area (Å²) in [5.74, 6) is -0.841. The van der Waals surface area contributed by atoms with E-state index in [4.69, 9.17) is 0 Å². The second kappa shape index (κ2) is 7.00. The summed E-state index contributed by atoms with van der Waals surface area (Å²) in [6, 6.07) is 12.6. The molecule has 2 amide bonds. The van der Waals surface area contributed by atoms with E-state index in [9.17, 15) is 18.0 Å². The Morgan fingerprint density at radius 1 is 1.04 bits per heavy atom. The van der Waals surface area contributed by atoms with Crippen LogP contribution in [-0.4, -0.2) is 37.4 Å². The van der Waals surface area contributed by atoms with Gasteiger partial charge in [-0.05, 0) is 43.3 Å². The average Bonchev–Trinajstić information content (AvgIpc) is 2.86. The highest BCUT2D eigenvalue weighted by Gasteiger charge is 2.35. The summed E-state index contributed by atoms with van der Waals surface area (Å²) >= 11 is 3.23. The SMILES string of the molecule is C/C(CN1C(=O)c2ccccc2C1=O)=N\NS(=O)(=O)c1ccc(Br)cc1. The third-order valence-corrected chi connectivity index (χ3v) is 5.50. The van der Waals surface area contributed by atoms with Crippen LogP contribution in [0.2, 0.25) is 0 Å². The van der Waals surface area contributed by atoms with Crippen molar-refractivity contribution in [3.05, 3.63) is 64.1 Å². The molecule has 7 nitrogen and oxygen atoms in total. The van der Waals surface area contributed by atoms with Gasteiger partial charge in [-0.2, -0.15) is 13.5 Å². The van der Waals surface area contributed by atoms with Crippen molar-refractivity contribution in [2.75, 3.05) is 6.54 Å². The van der Waals surface area contributed by atoms with Crippen LogP contribution in [0.3, 0.4) is 0 Å². The summed E-state index contributed by atoms with van der Waals surface area (Å²) in [7, 11) is -3.83. The smallest absolute Gasteiger partial charge is 0.269 e. The lowest BCUT2D eigenvalue weighted by Crippen LogP contribution is -2.35. The van der Waals surface area contributed by atoms with Crippen LogP contribution >= 0.6 is 15.9 Å². The lowest BCUT2D eigenvalue weighted by Gasteiger charge is -2.13. The average molecular weight is 436 g/mol. The minimum absolute atomic E-state index is 0.0537. The Balaban J connectivity index is 1.73. The predicted molar refractivity (Wildman–Crippen MR) is 99.4 cm³/mol. The van der Waals surface area contributed by atoms with Crippen molar-refractivity contribution >= 4 is 43.5 Å². The highest BCUT2D eigenvalue weighted by atomic mass is 79.9. The zero-order valence-corrected chi connectivity index (χ0v) is 16.0.